The minimum Gasteiger partial charge on any atom is -0.456 e. The normalized spacial score (nSPS) is 11.6. The van der Waals surface area contributed by atoms with Crippen LogP contribution in [0.4, 0.5) is 0 Å². The van der Waals surface area contributed by atoms with Gasteiger partial charge in [0.1, 0.15) is 22.3 Å². The van der Waals surface area contributed by atoms with Gasteiger partial charge < -0.3 is 8.83 Å². The topological polar surface area (TPSA) is 65.0 Å². The van der Waals surface area contributed by atoms with Crippen molar-refractivity contribution in [2.75, 3.05) is 0 Å². The Morgan fingerprint density at radius 3 is 1.64 bits per heavy atom. The molecule has 0 bridgehead atoms. The molecule has 0 spiro atoms. The van der Waals surface area contributed by atoms with Crippen LogP contribution >= 0.6 is 0 Å². The van der Waals surface area contributed by atoms with E-state index in [-0.39, 0.29) is 0 Å². The first-order valence-corrected chi connectivity index (χ1v) is 14.5. The Kier molecular flexibility index (Phi) is 5.43. The Hall–Kier alpha value is -6.07. The average molecular weight is 566 g/mol. The minimum absolute atomic E-state index is 0.614. The maximum atomic E-state index is 6.54. The van der Waals surface area contributed by atoms with Crippen LogP contribution in [0.1, 0.15) is 0 Å². The van der Waals surface area contributed by atoms with Gasteiger partial charge in [-0.2, -0.15) is 0 Å². The van der Waals surface area contributed by atoms with Crippen molar-refractivity contribution in [2.45, 2.75) is 0 Å². The molecule has 0 saturated heterocycles. The lowest BCUT2D eigenvalue weighted by Crippen LogP contribution is -2.00. The molecule has 0 saturated carbocycles. The van der Waals surface area contributed by atoms with Crippen molar-refractivity contribution in [1.29, 1.82) is 0 Å². The van der Waals surface area contributed by atoms with Gasteiger partial charge in [-0.15, -0.1) is 0 Å². The van der Waals surface area contributed by atoms with Gasteiger partial charge in [-0.3, -0.25) is 0 Å². The standard InChI is InChI=1S/C39H23N3O2/c1-3-11-24(12-4-1)37-40-38(25-13-5-2-6-14-25)42-39(41-37)27-16-9-15-26(21-27)28-18-10-19-30-32-22-31-29-17-7-8-20-33(29)43-34(31)23-35(32)44-36(28)30/h1-23H. The SMILES string of the molecule is c1ccc(-c2nc(-c3ccccc3)nc(-c3cccc(-c4cccc5c4oc4cc6oc7ccccc7c6cc45)c3)n2)cc1. The largest absolute Gasteiger partial charge is 0.456 e. The molecule has 0 aliphatic heterocycles. The number of hydrogen-bond donors (Lipinski definition) is 0. The van der Waals surface area contributed by atoms with Gasteiger partial charge in [0.25, 0.3) is 0 Å². The molecule has 5 nitrogen and oxygen atoms in total. The van der Waals surface area contributed by atoms with Crippen molar-refractivity contribution >= 4 is 43.9 Å². The van der Waals surface area contributed by atoms with Gasteiger partial charge in [-0.1, -0.05) is 115 Å². The molecule has 9 aromatic rings. The van der Waals surface area contributed by atoms with Crippen molar-refractivity contribution in [2.24, 2.45) is 0 Å². The van der Waals surface area contributed by atoms with Crippen LogP contribution in [0.25, 0.3) is 89.2 Å². The van der Waals surface area contributed by atoms with E-state index in [9.17, 15) is 0 Å². The van der Waals surface area contributed by atoms with E-state index >= 15 is 0 Å². The van der Waals surface area contributed by atoms with Crippen LogP contribution in [-0.4, -0.2) is 15.0 Å². The third kappa shape index (κ3) is 3.98. The highest BCUT2D eigenvalue weighted by Crippen LogP contribution is 2.40. The molecule has 3 aromatic heterocycles. The highest BCUT2D eigenvalue weighted by atomic mass is 16.3. The molecule has 0 amide bonds. The van der Waals surface area contributed by atoms with Gasteiger partial charge in [0, 0.05) is 49.9 Å². The van der Waals surface area contributed by atoms with E-state index in [4.69, 9.17) is 23.8 Å². The smallest absolute Gasteiger partial charge is 0.164 e. The van der Waals surface area contributed by atoms with Gasteiger partial charge >= 0.3 is 0 Å². The van der Waals surface area contributed by atoms with E-state index in [2.05, 4.69) is 42.5 Å². The Morgan fingerprint density at radius 2 is 0.886 bits per heavy atom. The highest BCUT2D eigenvalue weighted by molar-refractivity contribution is 6.16. The molecule has 0 fully saturated rings. The van der Waals surface area contributed by atoms with Crippen LogP contribution in [0.2, 0.25) is 0 Å². The number of hydrogen-bond acceptors (Lipinski definition) is 5. The van der Waals surface area contributed by atoms with Crippen molar-refractivity contribution in [3.05, 3.63) is 140 Å². The summed E-state index contributed by atoms with van der Waals surface area (Å²) in [7, 11) is 0. The lowest BCUT2D eigenvalue weighted by Gasteiger charge is -2.10. The third-order valence-electron chi connectivity index (χ3n) is 8.13. The zero-order valence-corrected chi connectivity index (χ0v) is 23.4. The molecule has 0 unspecified atom stereocenters. The summed E-state index contributed by atoms with van der Waals surface area (Å²) < 4.78 is 12.7. The second-order valence-corrected chi connectivity index (χ2v) is 10.8. The van der Waals surface area contributed by atoms with Crippen molar-refractivity contribution < 1.29 is 8.83 Å². The summed E-state index contributed by atoms with van der Waals surface area (Å²) in [5.74, 6) is 1.88. The summed E-state index contributed by atoms with van der Waals surface area (Å²) in [6, 6.07) is 47.0. The number of nitrogens with zero attached hydrogens (tertiary/aromatic N) is 3. The van der Waals surface area contributed by atoms with E-state index in [1.807, 2.05) is 97.1 Å². The number of fused-ring (bicyclic) bond motifs is 6. The lowest BCUT2D eigenvalue weighted by molar-refractivity contribution is 0.656. The van der Waals surface area contributed by atoms with Crippen LogP contribution in [0.3, 0.4) is 0 Å². The van der Waals surface area contributed by atoms with Crippen LogP contribution in [0.5, 0.6) is 0 Å². The summed E-state index contributed by atoms with van der Waals surface area (Å²) in [5, 5.41) is 4.31. The van der Waals surface area contributed by atoms with Gasteiger partial charge in [-0.05, 0) is 23.8 Å². The van der Waals surface area contributed by atoms with Crippen LogP contribution in [0, 0.1) is 0 Å². The molecule has 44 heavy (non-hydrogen) atoms. The van der Waals surface area contributed by atoms with E-state index in [1.54, 1.807) is 0 Å². The third-order valence-corrected chi connectivity index (χ3v) is 8.13. The molecule has 3 heterocycles. The second-order valence-electron chi connectivity index (χ2n) is 10.8. The zero-order valence-electron chi connectivity index (χ0n) is 23.4. The molecule has 0 N–H and O–H groups in total. The first kappa shape index (κ1) is 24.5. The van der Waals surface area contributed by atoms with Gasteiger partial charge in [0.15, 0.2) is 17.5 Å². The fourth-order valence-electron chi connectivity index (χ4n) is 6.01. The molecule has 0 aliphatic carbocycles. The summed E-state index contributed by atoms with van der Waals surface area (Å²) in [5.41, 5.74) is 8.13. The maximum Gasteiger partial charge on any atom is 0.164 e. The second kappa shape index (κ2) is 9.75. The Morgan fingerprint density at radius 1 is 0.341 bits per heavy atom. The molecule has 0 aliphatic rings. The molecular weight excluding hydrogens is 542 g/mol. The Labute approximate surface area is 252 Å². The number of rotatable bonds is 4. The summed E-state index contributed by atoms with van der Waals surface area (Å²) in [6.07, 6.45) is 0. The van der Waals surface area contributed by atoms with Gasteiger partial charge in [0.2, 0.25) is 0 Å². The van der Waals surface area contributed by atoms with E-state index in [0.29, 0.717) is 17.5 Å². The molecule has 6 aromatic carbocycles. The Balaban J connectivity index is 1.20. The van der Waals surface area contributed by atoms with Crippen LogP contribution < -0.4 is 0 Å². The van der Waals surface area contributed by atoms with E-state index in [1.165, 1.54) is 0 Å². The molecule has 0 atom stereocenters. The Bertz CT molecular complexity index is 2440. The van der Waals surface area contributed by atoms with Crippen molar-refractivity contribution in [3.63, 3.8) is 0 Å². The quantitative estimate of drug-likeness (QED) is 0.212. The monoisotopic (exact) mass is 565 g/mol. The maximum absolute atomic E-state index is 6.54. The van der Waals surface area contributed by atoms with E-state index in [0.717, 1.165) is 71.7 Å². The van der Waals surface area contributed by atoms with Crippen LogP contribution in [0.15, 0.2) is 148 Å². The molecular formula is C39H23N3O2. The van der Waals surface area contributed by atoms with E-state index < -0.39 is 0 Å². The van der Waals surface area contributed by atoms with Crippen LogP contribution in [-0.2, 0) is 0 Å². The molecule has 0 radical (unpaired) electrons. The summed E-state index contributed by atoms with van der Waals surface area (Å²) >= 11 is 0. The summed E-state index contributed by atoms with van der Waals surface area (Å²) in [4.78, 5) is 14.7. The highest BCUT2D eigenvalue weighted by Gasteiger charge is 2.17. The molecule has 206 valence electrons. The van der Waals surface area contributed by atoms with Gasteiger partial charge in [0.05, 0.1) is 0 Å². The lowest BCUT2D eigenvalue weighted by atomic mass is 10.00. The minimum atomic E-state index is 0.614. The zero-order chi connectivity index (χ0) is 29.0. The predicted octanol–water partition coefficient (Wildman–Crippen LogP) is 10.3. The summed E-state index contributed by atoms with van der Waals surface area (Å²) in [6.45, 7) is 0. The fourth-order valence-corrected chi connectivity index (χ4v) is 6.01. The van der Waals surface area contributed by atoms with Gasteiger partial charge in [-0.25, -0.2) is 15.0 Å². The van der Waals surface area contributed by atoms with Crippen molar-refractivity contribution in [3.8, 4) is 45.3 Å². The number of para-hydroxylation sites is 2. The van der Waals surface area contributed by atoms with Crippen molar-refractivity contribution in [1.82, 2.24) is 15.0 Å². The number of benzene rings is 6. The number of furan rings is 2. The molecule has 9 rings (SSSR count). The number of aromatic nitrogens is 3. The average Bonchev–Trinajstić information content (AvgIpc) is 3.65. The fraction of sp³-hybridized carbons (Fsp3) is 0. The molecule has 5 heteroatoms. The predicted molar refractivity (Wildman–Crippen MR) is 176 cm³/mol. The first-order chi connectivity index (χ1) is 21.8. The first-order valence-electron chi connectivity index (χ1n) is 14.5.